The highest BCUT2D eigenvalue weighted by Crippen LogP contribution is 2.73. The van der Waals surface area contributed by atoms with E-state index in [1.807, 2.05) is 0 Å². The van der Waals surface area contributed by atoms with E-state index in [0.29, 0.717) is 46.5 Å². The summed E-state index contributed by atoms with van der Waals surface area (Å²) in [6.45, 7) is 16.6. The predicted octanol–water partition coefficient (Wildman–Crippen LogP) is 6.67. The van der Waals surface area contributed by atoms with Crippen molar-refractivity contribution < 1.29 is 9.90 Å². The fourth-order valence-corrected chi connectivity index (χ4v) is 11.2. The Morgan fingerprint density at radius 3 is 2.19 bits per heavy atom. The summed E-state index contributed by atoms with van der Waals surface area (Å²) in [6.07, 6.45) is 11.4. The van der Waals surface area contributed by atoms with Gasteiger partial charge in [0.2, 0.25) is 0 Å². The predicted molar refractivity (Wildman–Crippen MR) is 130 cm³/mol. The van der Waals surface area contributed by atoms with Crippen molar-refractivity contribution in [2.45, 2.75) is 105 Å². The summed E-state index contributed by atoms with van der Waals surface area (Å²) >= 11 is 0. The first kappa shape index (κ1) is 22.9. The zero-order chi connectivity index (χ0) is 23.3. The van der Waals surface area contributed by atoms with Crippen LogP contribution in [-0.4, -0.2) is 17.1 Å². The number of nitrogens with two attached hydrogens (primary N) is 1. The van der Waals surface area contributed by atoms with Gasteiger partial charge in [0, 0.05) is 6.04 Å². The van der Waals surface area contributed by atoms with E-state index >= 15 is 0 Å². The molecule has 0 spiro atoms. The topological polar surface area (TPSA) is 63.3 Å². The summed E-state index contributed by atoms with van der Waals surface area (Å²) in [4.78, 5) is 12.7. The first-order valence-electron chi connectivity index (χ1n) is 13.5. The van der Waals surface area contributed by atoms with Gasteiger partial charge in [-0.15, -0.1) is 0 Å². The van der Waals surface area contributed by atoms with Crippen molar-refractivity contribution in [3.8, 4) is 0 Å². The lowest BCUT2D eigenvalue weighted by Crippen LogP contribution is -2.64. The number of carboxylic acids is 1. The van der Waals surface area contributed by atoms with E-state index < -0.39 is 11.4 Å². The standard InChI is InChI=1S/C29H47NO2/c1-17(2)18-9-15-29(25(31)32)16-10-20-19(24(18)29)7-8-22-27(20,5)13-11-21-26(3,4)23(30)12-14-28(21,22)6/h18-24H,1,7-16,30H2,2-6H3,(H,31,32). The number of carboxylic acid groups (broad SMARTS) is 1. The summed E-state index contributed by atoms with van der Waals surface area (Å²) in [5.41, 5.74) is 8.34. The van der Waals surface area contributed by atoms with Crippen LogP contribution >= 0.6 is 0 Å². The molecule has 0 aromatic heterocycles. The first-order valence-corrected chi connectivity index (χ1v) is 13.5. The fraction of sp³-hybridized carbons (Fsp3) is 0.897. The van der Waals surface area contributed by atoms with Crippen molar-refractivity contribution in [1.29, 1.82) is 0 Å². The van der Waals surface area contributed by atoms with Crippen LogP contribution in [0.2, 0.25) is 0 Å². The zero-order valence-electron chi connectivity index (χ0n) is 21.3. The number of allylic oxidation sites excluding steroid dienone is 1. The molecule has 0 radical (unpaired) electrons. The van der Waals surface area contributed by atoms with Crippen LogP contribution < -0.4 is 5.73 Å². The van der Waals surface area contributed by atoms with Gasteiger partial charge in [0.15, 0.2) is 0 Å². The van der Waals surface area contributed by atoms with Gasteiger partial charge in [-0.1, -0.05) is 39.8 Å². The van der Waals surface area contributed by atoms with Gasteiger partial charge < -0.3 is 10.8 Å². The van der Waals surface area contributed by atoms with Crippen molar-refractivity contribution in [3.05, 3.63) is 12.2 Å². The molecule has 10 atom stereocenters. The van der Waals surface area contributed by atoms with Gasteiger partial charge in [0.05, 0.1) is 5.41 Å². The third kappa shape index (κ3) is 2.72. The highest BCUT2D eigenvalue weighted by Gasteiger charge is 2.68. The van der Waals surface area contributed by atoms with E-state index in [2.05, 4.69) is 41.2 Å². The van der Waals surface area contributed by atoms with Crippen molar-refractivity contribution >= 4 is 5.97 Å². The molecule has 0 heterocycles. The number of hydrogen-bond donors (Lipinski definition) is 2. The Bertz CT molecular complexity index is 818. The quantitative estimate of drug-likeness (QED) is 0.471. The molecule has 5 rings (SSSR count). The molecule has 0 aliphatic heterocycles. The molecule has 3 heteroatoms. The van der Waals surface area contributed by atoms with Gasteiger partial charge in [0.1, 0.15) is 0 Å². The summed E-state index contributed by atoms with van der Waals surface area (Å²) in [5, 5.41) is 10.4. The molecule has 10 unspecified atom stereocenters. The van der Waals surface area contributed by atoms with Gasteiger partial charge in [-0.05, 0) is 123 Å². The highest BCUT2D eigenvalue weighted by molar-refractivity contribution is 5.76. The Labute approximate surface area is 196 Å². The second-order valence-electron chi connectivity index (χ2n) is 14.0. The van der Waals surface area contributed by atoms with E-state index in [-0.39, 0.29) is 5.41 Å². The molecular formula is C29H47NO2. The van der Waals surface area contributed by atoms with Crippen LogP contribution in [-0.2, 0) is 4.79 Å². The lowest BCUT2D eigenvalue weighted by Gasteiger charge is -2.69. The molecule has 180 valence electrons. The van der Waals surface area contributed by atoms with Crippen molar-refractivity contribution in [2.75, 3.05) is 0 Å². The number of fused-ring (bicyclic) bond motifs is 7. The van der Waals surface area contributed by atoms with Crippen LogP contribution in [0.15, 0.2) is 12.2 Å². The Balaban J connectivity index is 1.52. The lowest BCUT2D eigenvalue weighted by molar-refractivity contribution is -0.204. The van der Waals surface area contributed by atoms with E-state index in [1.54, 1.807) is 0 Å². The SMILES string of the molecule is C=C(C)C1CCC2(C(=O)O)CCC3C(CCC4C3(C)CCC3C(C)(C)C(N)CCC34C)C12. The van der Waals surface area contributed by atoms with E-state index in [0.717, 1.165) is 38.0 Å². The minimum atomic E-state index is -0.518. The molecule has 5 saturated carbocycles. The second kappa shape index (κ2) is 7.09. The normalized spacial score (nSPS) is 54.0. The molecule has 0 aromatic carbocycles. The van der Waals surface area contributed by atoms with Gasteiger partial charge in [-0.25, -0.2) is 0 Å². The Kier molecular flexibility index (Phi) is 5.08. The third-order valence-corrected chi connectivity index (χ3v) is 12.8. The minimum Gasteiger partial charge on any atom is -0.481 e. The number of hydrogen-bond acceptors (Lipinski definition) is 2. The number of rotatable bonds is 2. The molecule has 5 fully saturated rings. The second-order valence-corrected chi connectivity index (χ2v) is 14.0. The van der Waals surface area contributed by atoms with Crippen molar-refractivity contribution in [3.63, 3.8) is 0 Å². The van der Waals surface area contributed by atoms with E-state index in [4.69, 9.17) is 5.73 Å². The number of aliphatic carboxylic acids is 1. The average Bonchev–Trinajstić information content (AvgIpc) is 3.12. The first-order chi connectivity index (χ1) is 14.9. The smallest absolute Gasteiger partial charge is 0.309 e. The third-order valence-electron chi connectivity index (χ3n) is 12.8. The maximum Gasteiger partial charge on any atom is 0.309 e. The highest BCUT2D eigenvalue weighted by atomic mass is 16.4. The van der Waals surface area contributed by atoms with Gasteiger partial charge >= 0.3 is 5.97 Å². The minimum absolute atomic E-state index is 0.215. The molecule has 3 nitrogen and oxygen atoms in total. The number of carbonyl (C=O) groups is 1. The molecule has 3 N–H and O–H groups in total. The van der Waals surface area contributed by atoms with Gasteiger partial charge in [-0.3, -0.25) is 4.79 Å². The van der Waals surface area contributed by atoms with Gasteiger partial charge in [0.25, 0.3) is 0 Å². The van der Waals surface area contributed by atoms with Crippen LogP contribution in [0.3, 0.4) is 0 Å². The Hall–Kier alpha value is -0.830. The van der Waals surface area contributed by atoms with Crippen LogP contribution in [0.5, 0.6) is 0 Å². The maximum absolute atomic E-state index is 12.7. The van der Waals surface area contributed by atoms with Gasteiger partial charge in [-0.2, -0.15) is 0 Å². The van der Waals surface area contributed by atoms with Crippen LogP contribution in [0.4, 0.5) is 0 Å². The summed E-state index contributed by atoms with van der Waals surface area (Å²) in [7, 11) is 0. The van der Waals surface area contributed by atoms with Crippen LogP contribution in [0, 0.1) is 57.2 Å². The summed E-state index contributed by atoms with van der Waals surface area (Å²) in [5.74, 6) is 2.89. The van der Waals surface area contributed by atoms with Crippen molar-refractivity contribution in [1.82, 2.24) is 0 Å². The maximum atomic E-state index is 12.7. The Morgan fingerprint density at radius 1 is 0.875 bits per heavy atom. The molecule has 0 saturated heterocycles. The fourth-order valence-electron chi connectivity index (χ4n) is 11.2. The Morgan fingerprint density at radius 2 is 1.53 bits per heavy atom. The largest absolute Gasteiger partial charge is 0.481 e. The van der Waals surface area contributed by atoms with Crippen LogP contribution in [0.25, 0.3) is 0 Å². The molecule has 5 aliphatic rings. The summed E-state index contributed by atoms with van der Waals surface area (Å²) in [6, 6.07) is 0.321. The zero-order valence-corrected chi connectivity index (χ0v) is 21.3. The molecule has 0 amide bonds. The molecule has 0 bridgehead atoms. The van der Waals surface area contributed by atoms with Crippen molar-refractivity contribution in [2.24, 2.45) is 62.9 Å². The molecule has 0 aromatic rings. The molecular weight excluding hydrogens is 394 g/mol. The molecule has 32 heavy (non-hydrogen) atoms. The monoisotopic (exact) mass is 441 g/mol. The lowest BCUT2D eigenvalue weighted by atomic mass is 9.36. The molecule has 5 aliphatic carbocycles. The summed E-state index contributed by atoms with van der Waals surface area (Å²) < 4.78 is 0. The average molecular weight is 442 g/mol. The van der Waals surface area contributed by atoms with Crippen LogP contribution in [0.1, 0.15) is 98.8 Å². The van der Waals surface area contributed by atoms with E-state index in [1.165, 1.54) is 37.7 Å². The van der Waals surface area contributed by atoms with E-state index in [9.17, 15) is 9.90 Å².